The normalized spacial score (nSPS) is 12.5. The number of hydrogen-bond donors (Lipinski definition) is 3. The lowest BCUT2D eigenvalue weighted by molar-refractivity contribution is -0.123. The maximum absolute atomic E-state index is 12.1. The molecule has 0 radical (unpaired) electrons. The lowest BCUT2D eigenvalue weighted by Gasteiger charge is -2.19. The second-order valence-electron chi connectivity index (χ2n) is 5.87. The summed E-state index contributed by atoms with van der Waals surface area (Å²) in [5.74, 6) is -0.248. The van der Waals surface area contributed by atoms with E-state index in [1.807, 2.05) is 38.9 Å². The van der Waals surface area contributed by atoms with Gasteiger partial charge >= 0.3 is 6.03 Å². The van der Waals surface area contributed by atoms with Crippen LogP contribution >= 0.6 is 0 Å². The molecule has 3 amide bonds. The molecule has 0 saturated heterocycles. The van der Waals surface area contributed by atoms with Gasteiger partial charge in [0.2, 0.25) is 5.91 Å². The summed E-state index contributed by atoms with van der Waals surface area (Å²) in [6.07, 6.45) is 0.813. The Morgan fingerprint density at radius 2 is 1.92 bits per heavy atom. The van der Waals surface area contributed by atoms with E-state index in [1.54, 1.807) is 25.1 Å². The summed E-state index contributed by atoms with van der Waals surface area (Å²) in [7, 11) is 3.74. The van der Waals surface area contributed by atoms with Crippen molar-refractivity contribution < 1.29 is 9.59 Å². The van der Waals surface area contributed by atoms with Gasteiger partial charge in [-0.05, 0) is 38.5 Å². The largest absolute Gasteiger partial charge is 0.378 e. The van der Waals surface area contributed by atoms with Crippen LogP contribution in [0.1, 0.15) is 32.8 Å². The molecule has 24 heavy (non-hydrogen) atoms. The van der Waals surface area contributed by atoms with Crippen molar-refractivity contribution >= 4 is 23.3 Å². The molecule has 1 rings (SSSR count). The zero-order chi connectivity index (χ0) is 18.3. The van der Waals surface area contributed by atoms with Crippen molar-refractivity contribution in [3.05, 3.63) is 23.8 Å². The van der Waals surface area contributed by atoms with Gasteiger partial charge in [0, 0.05) is 25.8 Å². The second kappa shape index (κ2) is 8.77. The highest BCUT2D eigenvalue weighted by Gasteiger charge is 2.17. The topological polar surface area (TPSA) is 97.3 Å². The summed E-state index contributed by atoms with van der Waals surface area (Å²) in [5, 5.41) is 17.2. The third kappa shape index (κ3) is 5.47. The summed E-state index contributed by atoms with van der Waals surface area (Å²) in [4.78, 5) is 25.9. The van der Waals surface area contributed by atoms with E-state index in [9.17, 15) is 9.59 Å². The second-order valence-corrected chi connectivity index (χ2v) is 5.87. The lowest BCUT2D eigenvalue weighted by Crippen LogP contribution is -2.48. The van der Waals surface area contributed by atoms with Gasteiger partial charge in [0.1, 0.15) is 12.1 Å². The predicted octanol–water partition coefficient (Wildman–Crippen LogP) is 2.05. The Morgan fingerprint density at radius 3 is 2.46 bits per heavy atom. The molecule has 0 fully saturated rings. The molecule has 0 heterocycles. The molecule has 130 valence electrons. The van der Waals surface area contributed by atoms with E-state index < -0.39 is 12.1 Å². The first-order valence-corrected chi connectivity index (χ1v) is 7.87. The van der Waals surface area contributed by atoms with E-state index in [1.165, 1.54) is 0 Å². The highest BCUT2D eigenvalue weighted by Crippen LogP contribution is 2.22. The molecule has 0 aliphatic carbocycles. The minimum Gasteiger partial charge on any atom is -0.378 e. The minimum atomic E-state index is -0.679. The third-order valence-corrected chi connectivity index (χ3v) is 3.63. The molecule has 0 aliphatic heterocycles. The highest BCUT2D eigenvalue weighted by molar-refractivity contribution is 5.95. The molecule has 7 nitrogen and oxygen atoms in total. The number of urea groups is 1. The molecule has 2 atom stereocenters. The van der Waals surface area contributed by atoms with Crippen molar-refractivity contribution in [2.75, 3.05) is 24.3 Å². The van der Waals surface area contributed by atoms with Gasteiger partial charge in [-0.25, -0.2) is 4.79 Å². The lowest BCUT2D eigenvalue weighted by atomic mass is 10.1. The smallest absolute Gasteiger partial charge is 0.319 e. The van der Waals surface area contributed by atoms with Crippen LogP contribution in [0.15, 0.2) is 18.2 Å². The minimum absolute atomic E-state index is 0.0479. The van der Waals surface area contributed by atoms with Gasteiger partial charge in [-0.15, -0.1) is 0 Å². The van der Waals surface area contributed by atoms with Crippen molar-refractivity contribution in [1.82, 2.24) is 10.6 Å². The quantitative estimate of drug-likeness (QED) is 0.743. The Kier molecular flexibility index (Phi) is 7.05. The van der Waals surface area contributed by atoms with E-state index in [2.05, 4.69) is 16.0 Å². The number of carbonyl (C=O) groups is 2. The molecule has 0 aliphatic rings. The number of nitrogens with zero attached hydrogens (tertiary/aromatic N) is 2. The SMILES string of the molecule is CC[C@@H](C)NC(=O)[C@H](C)NC(=O)Nc1cc(N(C)C)ccc1C#N. The van der Waals surface area contributed by atoms with Crippen molar-refractivity contribution in [2.24, 2.45) is 0 Å². The van der Waals surface area contributed by atoms with Gasteiger partial charge in [0.25, 0.3) is 0 Å². The molecule has 0 bridgehead atoms. The summed E-state index contributed by atoms with van der Waals surface area (Å²) < 4.78 is 0. The van der Waals surface area contributed by atoms with E-state index in [4.69, 9.17) is 5.26 Å². The standard InChI is InChI=1S/C17H25N5O2/c1-6-11(2)19-16(23)12(3)20-17(24)21-15-9-14(22(4)5)8-7-13(15)10-18/h7-9,11-12H,6H2,1-5H3,(H,19,23)(H2,20,21,24)/t11-,12+/m1/s1. The highest BCUT2D eigenvalue weighted by atomic mass is 16.2. The van der Waals surface area contributed by atoms with Crippen molar-refractivity contribution in [2.45, 2.75) is 39.3 Å². The first kappa shape index (κ1) is 19.3. The number of nitriles is 1. The Hall–Kier alpha value is -2.75. The van der Waals surface area contributed by atoms with Crippen LogP contribution in [0.25, 0.3) is 0 Å². The maximum Gasteiger partial charge on any atom is 0.319 e. The first-order valence-electron chi connectivity index (χ1n) is 7.87. The molecule has 0 saturated carbocycles. The Balaban J connectivity index is 2.76. The number of carbonyl (C=O) groups excluding carboxylic acids is 2. The van der Waals surface area contributed by atoms with Crippen LogP contribution in [0, 0.1) is 11.3 Å². The Bertz CT molecular complexity index is 636. The van der Waals surface area contributed by atoms with Crippen LogP contribution in [0.4, 0.5) is 16.2 Å². The fourth-order valence-corrected chi connectivity index (χ4v) is 1.90. The molecular formula is C17H25N5O2. The van der Waals surface area contributed by atoms with Crippen LogP contribution in [0.2, 0.25) is 0 Å². The van der Waals surface area contributed by atoms with Crippen molar-refractivity contribution in [3.63, 3.8) is 0 Å². The Morgan fingerprint density at radius 1 is 1.25 bits per heavy atom. The molecular weight excluding hydrogens is 306 g/mol. The molecule has 7 heteroatoms. The van der Waals surface area contributed by atoms with Crippen molar-refractivity contribution in [1.29, 1.82) is 5.26 Å². The molecule has 1 aromatic rings. The van der Waals surface area contributed by atoms with E-state index >= 15 is 0 Å². The van der Waals surface area contributed by atoms with E-state index in [0.29, 0.717) is 11.3 Å². The van der Waals surface area contributed by atoms with Gasteiger partial charge < -0.3 is 20.9 Å². The Labute approximate surface area is 143 Å². The molecule has 1 aromatic carbocycles. The van der Waals surface area contributed by atoms with Crippen LogP contribution in [-0.4, -0.2) is 38.1 Å². The van der Waals surface area contributed by atoms with Gasteiger partial charge in [-0.3, -0.25) is 4.79 Å². The van der Waals surface area contributed by atoms with Gasteiger partial charge in [0.15, 0.2) is 0 Å². The molecule has 0 aromatic heterocycles. The fraction of sp³-hybridized carbons (Fsp3) is 0.471. The molecule has 3 N–H and O–H groups in total. The first-order chi connectivity index (χ1) is 11.3. The third-order valence-electron chi connectivity index (χ3n) is 3.63. The summed E-state index contributed by atoms with van der Waals surface area (Å²) in [6, 6.07) is 6.02. The summed E-state index contributed by atoms with van der Waals surface area (Å²) in [5.41, 5.74) is 1.61. The van der Waals surface area contributed by atoms with Crippen LogP contribution < -0.4 is 20.9 Å². The van der Waals surface area contributed by atoms with Crippen LogP contribution in [0.5, 0.6) is 0 Å². The number of amides is 3. The number of anilines is 2. The molecule has 0 spiro atoms. The average molecular weight is 331 g/mol. The summed E-state index contributed by atoms with van der Waals surface area (Å²) in [6.45, 7) is 5.48. The number of hydrogen-bond acceptors (Lipinski definition) is 4. The summed E-state index contributed by atoms with van der Waals surface area (Å²) >= 11 is 0. The van der Waals surface area contributed by atoms with Gasteiger partial charge in [0.05, 0.1) is 11.3 Å². The number of rotatable bonds is 6. The fourth-order valence-electron chi connectivity index (χ4n) is 1.90. The predicted molar refractivity (Wildman–Crippen MR) is 95.0 cm³/mol. The average Bonchev–Trinajstić information content (AvgIpc) is 2.54. The monoisotopic (exact) mass is 331 g/mol. The van der Waals surface area contributed by atoms with E-state index in [0.717, 1.165) is 12.1 Å². The zero-order valence-electron chi connectivity index (χ0n) is 14.8. The van der Waals surface area contributed by atoms with Crippen LogP contribution in [-0.2, 0) is 4.79 Å². The van der Waals surface area contributed by atoms with Crippen LogP contribution in [0.3, 0.4) is 0 Å². The number of benzene rings is 1. The van der Waals surface area contributed by atoms with Crippen molar-refractivity contribution in [3.8, 4) is 6.07 Å². The maximum atomic E-state index is 12.1. The van der Waals surface area contributed by atoms with Gasteiger partial charge in [-0.1, -0.05) is 6.92 Å². The van der Waals surface area contributed by atoms with Gasteiger partial charge in [-0.2, -0.15) is 5.26 Å². The zero-order valence-corrected chi connectivity index (χ0v) is 14.8. The number of nitrogens with one attached hydrogen (secondary N) is 3. The molecule has 0 unspecified atom stereocenters. The van der Waals surface area contributed by atoms with E-state index in [-0.39, 0.29) is 11.9 Å².